The molecule has 0 saturated carbocycles. The number of aliphatic hydroxyl groups is 1. The lowest BCUT2D eigenvalue weighted by Gasteiger charge is -2.39. The minimum absolute atomic E-state index is 0.463. The standard InChI is InChI=1S/C25H30F6N4O/c26-24(27,28)19-3-1-5-21(15-19)34-11-7-32(8-12-34)17-23(36)18-33-9-13-35(14-10-33)22-6-2-4-20(16-22)25(29,30)31/h1-6,15-16,23,36H,7-14,17-18H2. The van der Waals surface area contributed by atoms with Crippen LogP contribution in [0.5, 0.6) is 0 Å². The van der Waals surface area contributed by atoms with Crippen LogP contribution in [0.1, 0.15) is 11.1 Å². The number of benzene rings is 2. The van der Waals surface area contributed by atoms with Gasteiger partial charge in [-0.15, -0.1) is 0 Å². The van der Waals surface area contributed by atoms with E-state index in [-0.39, 0.29) is 0 Å². The summed E-state index contributed by atoms with van der Waals surface area (Å²) in [5.41, 5.74) is -0.232. The predicted octanol–water partition coefficient (Wildman–Crippen LogP) is 4.03. The number of piperazine rings is 2. The highest BCUT2D eigenvalue weighted by Gasteiger charge is 2.32. The van der Waals surface area contributed by atoms with Gasteiger partial charge in [-0.05, 0) is 36.4 Å². The molecular weight excluding hydrogens is 486 g/mol. The van der Waals surface area contributed by atoms with Crippen LogP contribution in [-0.2, 0) is 12.4 Å². The molecule has 2 fully saturated rings. The molecule has 0 unspecified atom stereocenters. The van der Waals surface area contributed by atoms with E-state index in [1.54, 1.807) is 12.1 Å². The Morgan fingerprint density at radius 2 is 0.972 bits per heavy atom. The van der Waals surface area contributed by atoms with Gasteiger partial charge in [0.2, 0.25) is 0 Å². The molecule has 0 atom stereocenters. The van der Waals surface area contributed by atoms with Gasteiger partial charge in [-0.2, -0.15) is 26.3 Å². The van der Waals surface area contributed by atoms with Gasteiger partial charge in [-0.1, -0.05) is 12.1 Å². The van der Waals surface area contributed by atoms with Crippen LogP contribution in [-0.4, -0.2) is 86.5 Å². The summed E-state index contributed by atoms with van der Waals surface area (Å²) in [6, 6.07) is 10.7. The largest absolute Gasteiger partial charge is 0.416 e. The van der Waals surface area contributed by atoms with Crippen molar-refractivity contribution in [1.29, 1.82) is 0 Å². The Morgan fingerprint density at radius 1 is 0.611 bits per heavy atom. The minimum Gasteiger partial charge on any atom is -0.390 e. The third kappa shape index (κ3) is 6.83. The second-order valence-corrected chi connectivity index (χ2v) is 9.33. The molecule has 2 aliphatic heterocycles. The summed E-state index contributed by atoms with van der Waals surface area (Å²) < 4.78 is 78.0. The molecule has 11 heteroatoms. The molecule has 0 amide bonds. The van der Waals surface area contributed by atoms with Crippen LogP contribution in [0, 0.1) is 0 Å². The maximum absolute atomic E-state index is 13.0. The highest BCUT2D eigenvalue weighted by Crippen LogP contribution is 2.33. The van der Waals surface area contributed by atoms with E-state index in [9.17, 15) is 31.4 Å². The number of alkyl halides is 6. The molecule has 0 radical (unpaired) electrons. The van der Waals surface area contributed by atoms with Crippen LogP contribution >= 0.6 is 0 Å². The Hall–Kier alpha value is -2.50. The highest BCUT2D eigenvalue weighted by atomic mass is 19.4. The first kappa shape index (κ1) is 26.6. The van der Waals surface area contributed by atoms with Gasteiger partial charge in [0, 0.05) is 76.8 Å². The first-order valence-corrected chi connectivity index (χ1v) is 12.0. The van der Waals surface area contributed by atoms with E-state index < -0.39 is 29.6 Å². The lowest BCUT2D eigenvalue weighted by Crippen LogP contribution is -2.52. The van der Waals surface area contributed by atoms with E-state index in [1.165, 1.54) is 24.3 Å². The first-order chi connectivity index (χ1) is 17.0. The van der Waals surface area contributed by atoms with E-state index in [1.807, 2.05) is 9.80 Å². The molecule has 2 saturated heterocycles. The summed E-state index contributed by atoms with van der Waals surface area (Å²) in [5.74, 6) is 0. The lowest BCUT2D eigenvalue weighted by atomic mass is 10.1. The van der Waals surface area contributed by atoms with Crippen molar-refractivity contribution in [3.8, 4) is 0 Å². The van der Waals surface area contributed by atoms with E-state index in [0.717, 1.165) is 12.1 Å². The number of hydrogen-bond acceptors (Lipinski definition) is 5. The molecule has 2 aliphatic rings. The molecule has 5 nitrogen and oxygen atoms in total. The number of aliphatic hydroxyl groups excluding tert-OH is 1. The maximum Gasteiger partial charge on any atom is 0.416 e. The van der Waals surface area contributed by atoms with Crippen LogP contribution < -0.4 is 9.80 Å². The molecule has 4 rings (SSSR count). The third-order valence-electron chi connectivity index (χ3n) is 6.76. The fourth-order valence-electron chi connectivity index (χ4n) is 4.79. The number of hydrogen-bond donors (Lipinski definition) is 1. The van der Waals surface area contributed by atoms with Crippen LogP contribution in [0.3, 0.4) is 0 Å². The zero-order chi connectivity index (χ0) is 25.9. The fraction of sp³-hybridized carbons (Fsp3) is 0.520. The average Bonchev–Trinajstić information content (AvgIpc) is 2.84. The fourth-order valence-corrected chi connectivity index (χ4v) is 4.79. The SMILES string of the molecule is OC(CN1CCN(c2cccc(C(F)(F)F)c2)CC1)CN1CCN(c2cccc(C(F)(F)F)c2)CC1. The summed E-state index contributed by atoms with van der Waals surface area (Å²) in [4.78, 5) is 8.05. The number of nitrogens with zero attached hydrogens (tertiary/aromatic N) is 4. The normalized spacial score (nSPS) is 18.8. The zero-order valence-electron chi connectivity index (χ0n) is 19.8. The molecule has 1 N–H and O–H groups in total. The number of rotatable bonds is 6. The van der Waals surface area contributed by atoms with E-state index in [2.05, 4.69) is 9.80 Å². The van der Waals surface area contributed by atoms with E-state index in [4.69, 9.17) is 0 Å². The van der Waals surface area contributed by atoms with Gasteiger partial charge in [0.1, 0.15) is 0 Å². The molecule has 36 heavy (non-hydrogen) atoms. The monoisotopic (exact) mass is 516 g/mol. The summed E-state index contributed by atoms with van der Waals surface area (Å²) in [6.45, 7) is 5.76. The van der Waals surface area contributed by atoms with Crippen LogP contribution in [0.4, 0.5) is 37.7 Å². The van der Waals surface area contributed by atoms with Crippen molar-refractivity contribution in [2.75, 3.05) is 75.2 Å². The van der Waals surface area contributed by atoms with E-state index in [0.29, 0.717) is 76.8 Å². The van der Waals surface area contributed by atoms with Crippen molar-refractivity contribution in [2.45, 2.75) is 18.5 Å². The van der Waals surface area contributed by atoms with Gasteiger partial charge in [-0.25, -0.2) is 0 Å². The Balaban J connectivity index is 1.21. The molecule has 2 heterocycles. The van der Waals surface area contributed by atoms with Gasteiger partial charge in [0.25, 0.3) is 0 Å². The van der Waals surface area contributed by atoms with Crippen molar-refractivity contribution in [3.05, 3.63) is 59.7 Å². The summed E-state index contributed by atoms with van der Waals surface area (Å²) in [5, 5.41) is 10.6. The van der Waals surface area contributed by atoms with Gasteiger partial charge in [0.15, 0.2) is 0 Å². The lowest BCUT2D eigenvalue weighted by molar-refractivity contribution is -0.138. The predicted molar refractivity (Wildman–Crippen MR) is 126 cm³/mol. The minimum atomic E-state index is -4.37. The number of halogens is 6. The van der Waals surface area contributed by atoms with Crippen molar-refractivity contribution in [2.24, 2.45) is 0 Å². The Bertz CT molecular complexity index is 919. The van der Waals surface area contributed by atoms with Crippen LogP contribution in [0.15, 0.2) is 48.5 Å². The van der Waals surface area contributed by atoms with Crippen LogP contribution in [0.2, 0.25) is 0 Å². The molecular formula is C25H30F6N4O. The number of β-amino-alcohol motifs (C(OH)–C–C–N with tert-alkyl or cyclic N) is 1. The molecule has 0 bridgehead atoms. The molecule has 198 valence electrons. The first-order valence-electron chi connectivity index (χ1n) is 12.0. The third-order valence-corrected chi connectivity index (χ3v) is 6.76. The van der Waals surface area contributed by atoms with Crippen molar-refractivity contribution >= 4 is 11.4 Å². The molecule has 0 spiro atoms. The smallest absolute Gasteiger partial charge is 0.390 e. The highest BCUT2D eigenvalue weighted by molar-refractivity contribution is 5.50. The van der Waals surface area contributed by atoms with Gasteiger partial charge in [0.05, 0.1) is 17.2 Å². The second-order valence-electron chi connectivity index (χ2n) is 9.33. The Morgan fingerprint density at radius 3 is 1.31 bits per heavy atom. The summed E-state index contributed by atoms with van der Waals surface area (Å²) in [7, 11) is 0. The molecule has 2 aromatic carbocycles. The van der Waals surface area contributed by atoms with Crippen LogP contribution in [0.25, 0.3) is 0 Å². The Labute approximate surface area is 206 Å². The maximum atomic E-state index is 13.0. The second kappa shape index (κ2) is 10.9. The van der Waals surface area contributed by atoms with Crippen molar-refractivity contribution < 1.29 is 31.4 Å². The van der Waals surface area contributed by atoms with Crippen molar-refractivity contribution in [3.63, 3.8) is 0 Å². The summed E-state index contributed by atoms with van der Waals surface area (Å²) >= 11 is 0. The number of anilines is 2. The topological polar surface area (TPSA) is 33.2 Å². The Kier molecular flexibility index (Phi) is 8.01. The molecule has 0 aliphatic carbocycles. The summed E-state index contributed by atoms with van der Waals surface area (Å²) in [6.07, 6.45) is -9.34. The molecule has 0 aromatic heterocycles. The zero-order valence-corrected chi connectivity index (χ0v) is 19.8. The van der Waals surface area contributed by atoms with Gasteiger partial charge < -0.3 is 14.9 Å². The van der Waals surface area contributed by atoms with Gasteiger partial charge >= 0.3 is 12.4 Å². The quantitative estimate of drug-likeness (QED) is 0.587. The van der Waals surface area contributed by atoms with Crippen molar-refractivity contribution in [1.82, 2.24) is 9.80 Å². The molecule has 2 aromatic rings. The van der Waals surface area contributed by atoms with E-state index >= 15 is 0 Å². The van der Waals surface area contributed by atoms with Gasteiger partial charge in [-0.3, -0.25) is 9.80 Å². The average molecular weight is 517 g/mol.